The molecule has 2 aromatic rings. The Morgan fingerprint density at radius 1 is 1.04 bits per heavy atom. The average molecular weight is 382 g/mol. The van der Waals surface area contributed by atoms with Crippen molar-refractivity contribution < 1.29 is 19.1 Å². The summed E-state index contributed by atoms with van der Waals surface area (Å²) in [5.74, 6) is -0.284. The third-order valence-electron chi connectivity index (χ3n) is 3.38. The SMILES string of the molecule is COc1ccccc1CCC(=O)OCC(=O)Nc1c(Cl)cccc1Cl. The van der Waals surface area contributed by atoms with Crippen molar-refractivity contribution in [2.24, 2.45) is 0 Å². The molecule has 0 radical (unpaired) electrons. The molecule has 1 N–H and O–H groups in total. The van der Waals surface area contributed by atoms with E-state index >= 15 is 0 Å². The van der Waals surface area contributed by atoms with Crippen LogP contribution in [0.4, 0.5) is 5.69 Å². The minimum Gasteiger partial charge on any atom is -0.496 e. The van der Waals surface area contributed by atoms with Gasteiger partial charge in [0.15, 0.2) is 6.61 Å². The van der Waals surface area contributed by atoms with Crippen LogP contribution < -0.4 is 10.1 Å². The maximum atomic E-state index is 11.9. The lowest BCUT2D eigenvalue weighted by Crippen LogP contribution is -2.21. The zero-order valence-electron chi connectivity index (χ0n) is 13.6. The van der Waals surface area contributed by atoms with E-state index in [2.05, 4.69) is 5.32 Å². The van der Waals surface area contributed by atoms with Gasteiger partial charge in [-0.15, -0.1) is 0 Å². The molecule has 0 fully saturated rings. The molecular formula is C18H17Cl2NO4. The number of carbonyl (C=O) groups excluding carboxylic acids is 2. The molecule has 0 unspecified atom stereocenters. The number of rotatable bonds is 7. The van der Waals surface area contributed by atoms with Crippen molar-refractivity contribution in [1.29, 1.82) is 0 Å². The summed E-state index contributed by atoms with van der Waals surface area (Å²) in [6.45, 7) is -0.410. The zero-order chi connectivity index (χ0) is 18.2. The summed E-state index contributed by atoms with van der Waals surface area (Å²) in [5.41, 5.74) is 1.19. The van der Waals surface area contributed by atoms with Crippen molar-refractivity contribution in [3.63, 3.8) is 0 Å². The molecule has 25 heavy (non-hydrogen) atoms. The van der Waals surface area contributed by atoms with Crippen LogP contribution >= 0.6 is 23.2 Å². The van der Waals surface area contributed by atoms with Gasteiger partial charge in [-0.25, -0.2) is 0 Å². The first kappa shape index (κ1) is 19.1. The molecular weight excluding hydrogens is 365 g/mol. The van der Waals surface area contributed by atoms with E-state index in [4.69, 9.17) is 32.7 Å². The van der Waals surface area contributed by atoms with E-state index in [1.165, 1.54) is 0 Å². The summed E-state index contributed by atoms with van der Waals surface area (Å²) >= 11 is 11.9. The highest BCUT2D eigenvalue weighted by Crippen LogP contribution is 2.29. The molecule has 0 aliphatic heterocycles. The Kier molecular flexibility index (Phi) is 7.10. The largest absolute Gasteiger partial charge is 0.496 e. The number of methoxy groups -OCH3 is 1. The Morgan fingerprint density at radius 3 is 2.40 bits per heavy atom. The number of halogens is 2. The van der Waals surface area contributed by atoms with Gasteiger partial charge in [0, 0.05) is 6.42 Å². The maximum Gasteiger partial charge on any atom is 0.306 e. The van der Waals surface area contributed by atoms with Crippen LogP contribution in [0.1, 0.15) is 12.0 Å². The molecule has 0 aromatic heterocycles. The van der Waals surface area contributed by atoms with Crippen LogP contribution in [0.25, 0.3) is 0 Å². The van der Waals surface area contributed by atoms with E-state index in [9.17, 15) is 9.59 Å². The second-order valence-corrected chi connectivity index (χ2v) is 5.93. The summed E-state index contributed by atoms with van der Waals surface area (Å²) in [5, 5.41) is 3.14. The van der Waals surface area contributed by atoms with Crippen LogP contribution in [-0.2, 0) is 20.7 Å². The molecule has 1 amide bonds. The van der Waals surface area contributed by atoms with Gasteiger partial charge in [-0.2, -0.15) is 0 Å². The van der Waals surface area contributed by atoms with Gasteiger partial charge in [0.05, 0.1) is 22.8 Å². The highest BCUT2D eigenvalue weighted by molar-refractivity contribution is 6.39. The fraction of sp³-hybridized carbons (Fsp3) is 0.222. The topological polar surface area (TPSA) is 64.6 Å². The Bertz CT molecular complexity index is 744. The van der Waals surface area contributed by atoms with Crippen molar-refractivity contribution in [2.75, 3.05) is 19.0 Å². The first-order chi connectivity index (χ1) is 12.0. The lowest BCUT2D eigenvalue weighted by Gasteiger charge is -2.10. The quantitative estimate of drug-likeness (QED) is 0.732. The van der Waals surface area contributed by atoms with Gasteiger partial charge in [-0.1, -0.05) is 47.5 Å². The van der Waals surface area contributed by atoms with Crippen molar-refractivity contribution in [2.45, 2.75) is 12.8 Å². The third kappa shape index (κ3) is 5.66. The van der Waals surface area contributed by atoms with Crippen molar-refractivity contribution >= 4 is 40.8 Å². The normalized spacial score (nSPS) is 10.2. The van der Waals surface area contributed by atoms with Gasteiger partial charge >= 0.3 is 5.97 Å². The van der Waals surface area contributed by atoms with Crippen LogP contribution in [0.15, 0.2) is 42.5 Å². The van der Waals surface area contributed by atoms with E-state index in [1.807, 2.05) is 24.3 Å². The van der Waals surface area contributed by atoms with E-state index in [0.29, 0.717) is 27.9 Å². The number of hydrogen-bond acceptors (Lipinski definition) is 4. The van der Waals surface area contributed by atoms with Gasteiger partial charge in [0.2, 0.25) is 0 Å². The third-order valence-corrected chi connectivity index (χ3v) is 4.01. The van der Waals surface area contributed by atoms with Gasteiger partial charge in [-0.05, 0) is 30.2 Å². The first-order valence-electron chi connectivity index (χ1n) is 7.52. The van der Waals surface area contributed by atoms with Crippen LogP contribution in [-0.4, -0.2) is 25.6 Å². The summed E-state index contributed by atoms with van der Waals surface area (Å²) in [6.07, 6.45) is 0.599. The standard InChI is InChI=1S/C18H17Cl2NO4/c1-24-15-8-3-2-5-12(15)9-10-17(23)25-11-16(22)21-18-13(19)6-4-7-14(18)20/h2-8H,9-11H2,1H3,(H,21,22). The van der Waals surface area contributed by atoms with E-state index in [0.717, 1.165) is 5.56 Å². The average Bonchev–Trinajstić information content (AvgIpc) is 2.61. The second-order valence-electron chi connectivity index (χ2n) is 5.12. The zero-order valence-corrected chi connectivity index (χ0v) is 15.1. The van der Waals surface area contributed by atoms with Crippen molar-refractivity contribution in [3.05, 3.63) is 58.1 Å². The number of nitrogens with one attached hydrogen (secondary N) is 1. The molecule has 132 valence electrons. The van der Waals surface area contributed by atoms with Crippen LogP contribution in [0.3, 0.4) is 0 Å². The minimum atomic E-state index is -0.513. The van der Waals surface area contributed by atoms with Crippen LogP contribution in [0.2, 0.25) is 10.0 Å². The minimum absolute atomic E-state index is 0.139. The molecule has 0 saturated carbocycles. The van der Waals surface area contributed by atoms with Gasteiger partial charge in [-0.3, -0.25) is 9.59 Å². The summed E-state index contributed by atoms with van der Waals surface area (Å²) in [7, 11) is 1.57. The highest BCUT2D eigenvalue weighted by atomic mass is 35.5. The molecule has 0 heterocycles. The Morgan fingerprint density at radius 2 is 1.72 bits per heavy atom. The Hall–Kier alpha value is -2.24. The predicted molar refractivity (Wildman–Crippen MR) is 97.4 cm³/mol. The molecule has 5 nitrogen and oxygen atoms in total. The van der Waals surface area contributed by atoms with E-state index in [-0.39, 0.29) is 6.42 Å². The molecule has 0 aliphatic rings. The van der Waals surface area contributed by atoms with E-state index < -0.39 is 18.5 Å². The molecule has 2 aromatic carbocycles. The van der Waals surface area contributed by atoms with Gasteiger partial charge < -0.3 is 14.8 Å². The number of hydrogen-bond donors (Lipinski definition) is 1. The molecule has 0 spiro atoms. The molecule has 2 rings (SSSR count). The fourth-order valence-corrected chi connectivity index (χ4v) is 2.65. The molecule has 7 heteroatoms. The smallest absolute Gasteiger partial charge is 0.306 e. The van der Waals surface area contributed by atoms with Crippen molar-refractivity contribution in [3.8, 4) is 5.75 Å². The molecule has 0 saturated heterocycles. The van der Waals surface area contributed by atoms with Crippen molar-refractivity contribution in [1.82, 2.24) is 0 Å². The van der Waals surface area contributed by atoms with Gasteiger partial charge in [0.1, 0.15) is 5.75 Å². The number of para-hydroxylation sites is 2. The number of benzene rings is 2. The number of amides is 1. The first-order valence-corrected chi connectivity index (χ1v) is 8.28. The summed E-state index contributed by atoms with van der Waals surface area (Å²) < 4.78 is 10.2. The monoisotopic (exact) mass is 381 g/mol. The highest BCUT2D eigenvalue weighted by Gasteiger charge is 2.12. The number of anilines is 1. The Labute approximate surface area is 155 Å². The summed E-state index contributed by atoms with van der Waals surface area (Å²) in [4.78, 5) is 23.7. The second kappa shape index (κ2) is 9.30. The summed E-state index contributed by atoms with van der Waals surface area (Å²) in [6, 6.07) is 12.3. The molecule has 0 aliphatic carbocycles. The molecule has 0 atom stereocenters. The Balaban J connectivity index is 1.80. The number of carbonyl (C=O) groups is 2. The number of ether oxygens (including phenoxy) is 2. The van der Waals surface area contributed by atoms with Crippen LogP contribution in [0.5, 0.6) is 5.75 Å². The fourth-order valence-electron chi connectivity index (χ4n) is 2.16. The number of esters is 1. The maximum absolute atomic E-state index is 11.9. The lowest BCUT2D eigenvalue weighted by atomic mass is 10.1. The predicted octanol–water partition coefficient (Wildman–Crippen LogP) is 4.12. The number of aryl methyl sites for hydroxylation is 1. The molecule has 0 bridgehead atoms. The van der Waals surface area contributed by atoms with Gasteiger partial charge in [0.25, 0.3) is 5.91 Å². The lowest BCUT2D eigenvalue weighted by molar-refractivity contribution is -0.147. The van der Waals surface area contributed by atoms with E-state index in [1.54, 1.807) is 25.3 Å². The van der Waals surface area contributed by atoms with Crippen LogP contribution in [0, 0.1) is 0 Å².